The Kier molecular flexibility index (Phi) is 21.5. The number of nitrogens with one attached hydrogen (secondary N) is 3. The number of ether oxygens (including phenoxy) is 1. The molecule has 19 nitrogen and oxygen atoms in total. The third-order valence-corrected chi connectivity index (χ3v) is 20.1. The zero-order valence-corrected chi connectivity index (χ0v) is 63.9. The number of rotatable bonds is 14. The highest BCUT2D eigenvalue weighted by atomic mass is 19.4. The predicted octanol–water partition coefficient (Wildman–Crippen LogP) is 19.7. The number of alkyl halides is 9. The fourth-order valence-electron chi connectivity index (χ4n) is 14.4. The molecule has 3 aliphatic rings. The van der Waals surface area contributed by atoms with E-state index in [9.17, 15) is 68.3 Å². The maximum absolute atomic E-state index is 13.9. The number of aryl methyl sites for hydroxylation is 4. The van der Waals surface area contributed by atoms with Gasteiger partial charge in [-0.1, -0.05) is 108 Å². The lowest BCUT2D eigenvalue weighted by Crippen LogP contribution is -2.36. The number of amides is 6. The molecule has 3 aliphatic heterocycles. The fourth-order valence-corrected chi connectivity index (χ4v) is 14.4. The maximum atomic E-state index is 13.9. The number of nitrogens with zero attached hydrogens (tertiary/aromatic N) is 9. The Morgan fingerprint density at radius 2 is 0.802 bits per heavy atom. The number of fused-ring (bicyclic) bond motifs is 3. The van der Waals surface area contributed by atoms with Crippen LogP contribution in [0.4, 0.5) is 85.3 Å². The smallest absolute Gasteiger partial charge is 0.405 e. The highest BCUT2D eigenvalue weighted by Crippen LogP contribution is 2.53. The number of halogens is 9. The molecule has 15 rings (SSSR count). The van der Waals surface area contributed by atoms with Gasteiger partial charge in [0.1, 0.15) is 11.6 Å². The molecule has 6 amide bonds. The van der Waals surface area contributed by atoms with Crippen LogP contribution in [0.5, 0.6) is 5.75 Å². The Labute approximate surface area is 659 Å². The predicted molar refractivity (Wildman–Crippen MR) is 422 cm³/mol. The zero-order chi connectivity index (χ0) is 83.3. The zero-order valence-electron chi connectivity index (χ0n) is 63.9. The molecule has 116 heavy (non-hydrogen) atoms. The second-order valence-corrected chi connectivity index (χ2v) is 29.5. The van der Waals surface area contributed by atoms with Crippen molar-refractivity contribution in [2.45, 2.75) is 104 Å². The van der Waals surface area contributed by atoms with Crippen LogP contribution in [0.2, 0.25) is 0 Å². The first-order chi connectivity index (χ1) is 54.8. The standard InChI is InChI=1S/C30H25F3N4O2.C29H23F3N4O3.C29H25F3N4O2/c1-18-8-11-20(12-9-18)36-27(38)22-16-19(10-13-23(22)30(31,32)33)21-6-4-7-24-26(21)29(2,3)28(39)37(24)17-25-34-14-5-15-35-25;1-17-8-11-19(12-9-17)35-25(37)21-16-18(10-13-23(21)39-29(30,31)32)20-6-4-7-22-24(20)28(2,3)26(38)36(22)27-33-14-5-15-34-27;1-17-8-11-19(12-9-17)34-26(37)22-14-18(10-13-23(22)29(30,31)32)21-6-5-7-24-25(21)28(2,3)27(38)36(24)20-15-33-35(4)16-20/h4-16H,17H2,1-3H3,(H,36,38);4-16H,1-3H3,(H,35,37);5-16H,1-4H3,(H,34,37). The van der Waals surface area contributed by atoms with Crippen molar-refractivity contribution < 1.29 is 73.0 Å². The first-order valence-corrected chi connectivity index (χ1v) is 36.2. The summed E-state index contributed by atoms with van der Waals surface area (Å²) in [5.41, 5.74) is 4.99. The normalized spacial score (nSPS) is 14.3. The number of hydrogen-bond donors (Lipinski definition) is 3. The molecular formula is C88H73F9N12O7. The third-order valence-electron chi connectivity index (χ3n) is 20.1. The van der Waals surface area contributed by atoms with Gasteiger partial charge in [0.2, 0.25) is 23.7 Å². The lowest BCUT2D eigenvalue weighted by molar-refractivity contribution is -0.274. The van der Waals surface area contributed by atoms with Crippen molar-refractivity contribution in [3.63, 3.8) is 0 Å². The Balaban J connectivity index is 0.000000151. The molecule has 3 aromatic heterocycles. The van der Waals surface area contributed by atoms with Gasteiger partial charge in [0, 0.05) is 60.8 Å². The summed E-state index contributed by atoms with van der Waals surface area (Å²) in [4.78, 5) is 102. The van der Waals surface area contributed by atoms with Crippen LogP contribution in [0.25, 0.3) is 33.4 Å². The van der Waals surface area contributed by atoms with Crippen LogP contribution in [0.1, 0.15) is 123 Å². The fraction of sp³-hybridized carbons (Fsp3) is 0.193. The van der Waals surface area contributed by atoms with Gasteiger partial charge in [0.25, 0.3) is 17.7 Å². The van der Waals surface area contributed by atoms with E-state index in [4.69, 9.17) is 0 Å². The van der Waals surface area contributed by atoms with E-state index in [1.807, 2.05) is 20.8 Å². The number of carbonyl (C=O) groups is 6. The van der Waals surface area contributed by atoms with E-state index < -0.39 is 80.7 Å². The van der Waals surface area contributed by atoms with Crippen molar-refractivity contribution in [1.29, 1.82) is 0 Å². The monoisotopic (exact) mass is 1580 g/mol. The van der Waals surface area contributed by atoms with Gasteiger partial charge in [-0.3, -0.25) is 38.3 Å². The molecule has 590 valence electrons. The van der Waals surface area contributed by atoms with Crippen LogP contribution in [-0.2, 0) is 56.6 Å². The van der Waals surface area contributed by atoms with Gasteiger partial charge in [-0.15, -0.1) is 13.2 Å². The SMILES string of the molecule is Cc1ccc(NC(=O)c2cc(-c3cccc4c3C(C)(C)C(=O)N4Cc3ncccn3)ccc2C(F)(F)F)cc1.Cc1ccc(NC(=O)c2cc(-c3cccc4c3C(C)(C)C(=O)N4c3cnn(C)c3)ccc2C(F)(F)F)cc1.Cc1ccc(NC(=O)c2cc(-c3cccc4c3C(C)(C)C(=O)N4c3ncccn3)ccc2OC(F)(F)F)cc1. The average Bonchev–Trinajstić information content (AvgIpc) is 1.58. The molecule has 9 aromatic carbocycles. The molecule has 0 bridgehead atoms. The van der Waals surface area contributed by atoms with Crippen LogP contribution in [0.15, 0.2) is 231 Å². The van der Waals surface area contributed by atoms with Gasteiger partial charge in [-0.25, -0.2) is 24.8 Å². The van der Waals surface area contributed by atoms with Gasteiger partial charge >= 0.3 is 18.7 Å². The maximum Gasteiger partial charge on any atom is 0.573 e. The van der Waals surface area contributed by atoms with Crippen molar-refractivity contribution in [1.82, 2.24) is 29.7 Å². The van der Waals surface area contributed by atoms with Crippen molar-refractivity contribution in [3.8, 4) is 39.1 Å². The first kappa shape index (κ1) is 80.4. The van der Waals surface area contributed by atoms with Gasteiger partial charge in [0.05, 0.1) is 73.9 Å². The van der Waals surface area contributed by atoms with E-state index >= 15 is 0 Å². The van der Waals surface area contributed by atoms with Crippen LogP contribution in [0, 0.1) is 20.8 Å². The third kappa shape index (κ3) is 16.2. The summed E-state index contributed by atoms with van der Waals surface area (Å²) in [6.07, 6.45) is -4.91. The number of carbonyl (C=O) groups excluding carboxylic acids is 6. The van der Waals surface area contributed by atoms with E-state index in [0.717, 1.165) is 34.9 Å². The van der Waals surface area contributed by atoms with E-state index in [1.165, 1.54) is 53.7 Å². The summed E-state index contributed by atoms with van der Waals surface area (Å²) in [6.45, 7) is 16.4. The van der Waals surface area contributed by atoms with Gasteiger partial charge in [0.15, 0.2) is 0 Å². The molecular weight excluding hydrogens is 1510 g/mol. The molecule has 3 N–H and O–H groups in total. The van der Waals surface area contributed by atoms with Crippen LogP contribution in [0.3, 0.4) is 0 Å². The first-order valence-electron chi connectivity index (χ1n) is 36.2. The van der Waals surface area contributed by atoms with E-state index in [1.54, 1.807) is 227 Å². The summed E-state index contributed by atoms with van der Waals surface area (Å²) in [7, 11) is 1.75. The molecule has 0 spiro atoms. The summed E-state index contributed by atoms with van der Waals surface area (Å²) in [5, 5.41) is 11.9. The molecule has 0 saturated heterocycles. The second kappa shape index (κ2) is 31.0. The van der Waals surface area contributed by atoms with E-state index in [0.29, 0.717) is 95.7 Å². The summed E-state index contributed by atoms with van der Waals surface area (Å²) in [5.74, 6) is -3.12. The topological polar surface area (TPSA) is 227 Å². The molecule has 0 unspecified atom stereocenters. The molecule has 28 heteroatoms. The van der Waals surface area contributed by atoms with Crippen LogP contribution >= 0.6 is 0 Å². The summed E-state index contributed by atoms with van der Waals surface area (Å²) in [6, 6.07) is 50.4. The van der Waals surface area contributed by atoms with Crippen molar-refractivity contribution >= 4 is 81.2 Å². The highest BCUT2D eigenvalue weighted by molar-refractivity contribution is 6.16. The number of aromatic nitrogens is 6. The minimum atomic E-state index is -5.00. The average molecular weight is 1580 g/mol. The molecule has 0 aliphatic carbocycles. The molecule has 0 saturated carbocycles. The quantitative estimate of drug-likeness (QED) is 0.0864. The van der Waals surface area contributed by atoms with Crippen LogP contribution < -0.4 is 35.4 Å². The number of anilines is 8. The lowest BCUT2D eigenvalue weighted by atomic mass is 9.81. The molecule has 0 fully saturated rings. The molecule has 6 heterocycles. The Hall–Kier alpha value is -13.7. The van der Waals surface area contributed by atoms with Gasteiger partial charge < -0.3 is 25.6 Å². The highest BCUT2D eigenvalue weighted by Gasteiger charge is 2.50. The van der Waals surface area contributed by atoms with Crippen molar-refractivity contribution in [2.75, 3.05) is 30.7 Å². The van der Waals surface area contributed by atoms with Gasteiger partial charge in [-0.2, -0.15) is 31.4 Å². The Morgan fingerprint density at radius 3 is 1.22 bits per heavy atom. The van der Waals surface area contributed by atoms with E-state index in [-0.39, 0.29) is 35.8 Å². The second-order valence-electron chi connectivity index (χ2n) is 29.5. The molecule has 12 aromatic rings. The largest absolute Gasteiger partial charge is 0.573 e. The lowest BCUT2D eigenvalue weighted by Gasteiger charge is -2.21. The Bertz CT molecular complexity index is 5830. The number of benzene rings is 9. The minimum Gasteiger partial charge on any atom is -0.405 e. The van der Waals surface area contributed by atoms with Crippen LogP contribution in [-0.4, -0.2) is 71.5 Å². The van der Waals surface area contributed by atoms with Crippen molar-refractivity contribution in [3.05, 3.63) is 298 Å². The molecule has 0 radical (unpaired) electrons. The van der Waals surface area contributed by atoms with Gasteiger partial charge in [-0.05, 0) is 216 Å². The Morgan fingerprint density at radius 1 is 0.431 bits per heavy atom. The molecule has 0 atom stereocenters. The summed E-state index contributed by atoms with van der Waals surface area (Å²) < 4.78 is 129. The summed E-state index contributed by atoms with van der Waals surface area (Å²) >= 11 is 0. The number of hydrogen-bond acceptors (Lipinski definition) is 12. The minimum absolute atomic E-state index is 0.150. The van der Waals surface area contributed by atoms with E-state index in [2.05, 4.69) is 45.7 Å². The van der Waals surface area contributed by atoms with Crippen molar-refractivity contribution in [2.24, 2.45) is 7.05 Å².